The molecule has 4 nitrogen and oxygen atoms in total. The largest absolute Gasteiger partial charge is 0.324 e. The van der Waals surface area contributed by atoms with Gasteiger partial charge in [0.05, 0.1) is 12.2 Å². The Hall–Kier alpha value is -1.72. The third kappa shape index (κ3) is 1.63. The molecule has 92 valence electrons. The normalized spacial score (nSPS) is 11.3. The molecule has 1 aromatic carbocycles. The number of fused-ring (bicyclic) bond motifs is 1. The Kier molecular flexibility index (Phi) is 2.65. The second kappa shape index (κ2) is 4.19. The maximum absolute atomic E-state index is 5.70. The van der Waals surface area contributed by atoms with E-state index in [1.165, 1.54) is 16.7 Å². The van der Waals surface area contributed by atoms with Crippen LogP contribution < -0.4 is 5.73 Å². The third-order valence-electron chi connectivity index (χ3n) is 3.20. The van der Waals surface area contributed by atoms with Gasteiger partial charge in [-0.25, -0.2) is 0 Å². The first-order chi connectivity index (χ1) is 8.70. The van der Waals surface area contributed by atoms with Gasteiger partial charge in [-0.3, -0.25) is 4.40 Å². The van der Waals surface area contributed by atoms with Crippen LogP contribution in [0.1, 0.15) is 17.0 Å². The van der Waals surface area contributed by atoms with Gasteiger partial charge in [-0.2, -0.15) is 0 Å². The van der Waals surface area contributed by atoms with E-state index in [-0.39, 0.29) is 0 Å². The van der Waals surface area contributed by atoms with Crippen molar-refractivity contribution in [2.45, 2.75) is 20.4 Å². The maximum atomic E-state index is 5.70. The molecule has 2 aromatic heterocycles. The SMILES string of the molecule is Cc1ccc(-c2csc3nnc(CN)n23)cc1C. The fourth-order valence-corrected chi connectivity index (χ4v) is 2.87. The molecule has 0 atom stereocenters. The van der Waals surface area contributed by atoms with Crippen molar-refractivity contribution < 1.29 is 0 Å². The van der Waals surface area contributed by atoms with Crippen molar-refractivity contribution >= 4 is 16.3 Å². The number of nitrogens with two attached hydrogens (primary N) is 1. The third-order valence-corrected chi connectivity index (χ3v) is 4.02. The summed E-state index contributed by atoms with van der Waals surface area (Å²) in [5.74, 6) is 0.805. The second-order valence-electron chi connectivity index (χ2n) is 4.36. The molecule has 5 heteroatoms. The van der Waals surface area contributed by atoms with Crippen LogP contribution in [0.3, 0.4) is 0 Å². The number of rotatable bonds is 2. The second-order valence-corrected chi connectivity index (χ2v) is 5.19. The minimum Gasteiger partial charge on any atom is -0.324 e. The highest BCUT2D eigenvalue weighted by molar-refractivity contribution is 7.15. The number of benzene rings is 1. The van der Waals surface area contributed by atoms with Crippen molar-refractivity contribution in [3.05, 3.63) is 40.5 Å². The lowest BCUT2D eigenvalue weighted by Gasteiger charge is -2.05. The molecule has 2 N–H and O–H groups in total. The Balaban J connectivity index is 2.24. The minimum atomic E-state index is 0.399. The average Bonchev–Trinajstić information content (AvgIpc) is 2.93. The zero-order valence-corrected chi connectivity index (χ0v) is 11.2. The fraction of sp³-hybridized carbons (Fsp3) is 0.231. The molecule has 0 aliphatic carbocycles. The van der Waals surface area contributed by atoms with Crippen LogP contribution in [0, 0.1) is 13.8 Å². The van der Waals surface area contributed by atoms with Crippen LogP contribution in [0.5, 0.6) is 0 Å². The van der Waals surface area contributed by atoms with Gasteiger partial charge < -0.3 is 5.73 Å². The Bertz CT molecular complexity index is 711. The van der Waals surface area contributed by atoms with E-state index in [1.54, 1.807) is 11.3 Å². The van der Waals surface area contributed by atoms with Crippen LogP contribution in [0.25, 0.3) is 16.2 Å². The van der Waals surface area contributed by atoms with Crippen molar-refractivity contribution in [3.8, 4) is 11.3 Å². The molecule has 0 saturated carbocycles. The molecule has 0 aliphatic rings. The van der Waals surface area contributed by atoms with Crippen molar-refractivity contribution in [1.82, 2.24) is 14.6 Å². The molecule has 0 bridgehead atoms. The van der Waals surface area contributed by atoms with Crippen molar-refractivity contribution in [2.24, 2.45) is 5.73 Å². The average molecular weight is 258 g/mol. The number of aromatic nitrogens is 3. The lowest BCUT2D eigenvalue weighted by molar-refractivity contribution is 0.887. The van der Waals surface area contributed by atoms with Gasteiger partial charge in [0.25, 0.3) is 0 Å². The summed E-state index contributed by atoms with van der Waals surface area (Å²) in [7, 11) is 0. The molecule has 0 fully saturated rings. The lowest BCUT2D eigenvalue weighted by atomic mass is 10.0. The van der Waals surface area contributed by atoms with Crippen LogP contribution >= 0.6 is 11.3 Å². The fourth-order valence-electron chi connectivity index (χ4n) is 2.01. The van der Waals surface area contributed by atoms with Crippen LogP contribution in [0.15, 0.2) is 23.6 Å². The molecule has 0 aliphatic heterocycles. The standard InChI is InChI=1S/C13H14N4S/c1-8-3-4-10(5-9(8)2)11-7-18-13-16-15-12(6-14)17(11)13/h3-5,7H,6,14H2,1-2H3. The number of aryl methyl sites for hydroxylation is 2. The summed E-state index contributed by atoms with van der Waals surface area (Å²) in [6.45, 7) is 4.64. The monoisotopic (exact) mass is 258 g/mol. The maximum Gasteiger partial charge on any atom is 0.216 e. The summed E-state index contributed by atoms with van der Waals surface area (Å²) in [4.78, 5) is 0.892. The molecular weight excluding hydrogens is 244 g/mol. The van der Waals surface area contributed by atoms with E-state index < -0.39 is 0 Å². The predicted octanol–water partition coefficient (Wildman–Crippen LogP) is 2.53. The van der Waals surface area contributed by atoms with Gasteiger partial charge >= 0.3 is 0 Å². The first-order valence-corrected chi connectivity index (χ1v) is 6.68. The zero-order valence-electron chi connectivity index (χ0n) is 10.3. The van der Waals surface area contributed by atoms with E-state index in [1.807, 2.05) is 4.40 Å². The lowest BCUT2D eigenvalue weighted by Crippen LogP contribution is -2.03. The van der Waals surface area contributed by atoms with E-state index in [0.717, 1.165) is 16.5 Å². The summed E-state index contributed by atoms with van der Waals surface area (Å²) in [5, 5.41) is 10.3. The van der Waals surface area contributed by atoms with E-state index in [4.69, 9.17) is 5.73 Å². The van der Waals surface area contributed by atoms with Gasteiger partial charge in [-0.1, -0.05) is 12.1 Å². The molecule has 0 amide bonds. The Morgan fingerprint density at radius 2 is 2.06 bits per heavy atom. The molecule has 0 radical (unpaired) electrons. The molecule has 3 aromatic rings. The van der Waals surface area contributed by atoms with Crippen molar-refractivity contribution in [1.29, 1.82) is 0 Å². The van der Waals surface area contributed by atoms with Gasteiger partial charge in [-0.15, -0.1) is 21.5 Å². The summed E-state index contributed by atoms with van der Waals surface area (Å²) >= 11 is 1.59. The Morgan fingerprint density at radius 3 is 2.78 bits per heavy atom. The van der Waals surface area contributed by atoms with E-state index in [0.29, 0.717) is 6.54 Å². The number of nitrogens with zero attached hydrogens (tertiary/aromatic N) is 3. The van der Waals surface area contributed by atoms with Crippen LogP contribution in [-0.4, -0.2) is 14.6 Å². The first kappa shape index (κ1) is 11.4. The quantitative estimate of drug-likeness (QED) is 0.768. The van der Waals surface area contributed by atoms with Gasteiger partial charge in [0, 0.05) is 5.38 Å². The predicted molar refractivity (Wildman–Crippen MR) is 73.7 cm³/mol. The van der Waals surface area contributed by atoms with Crippen LogP contribution in [-0.2, 0) is 6.54 Å². The number of hydrogen-bond donors (Lipinski definition) is 1. The summed E-state index contributed by atoms with van der Waals surface area (Å²) in [5.41, 5.74) is 10.6. The Labute approximate surface area is 109 Å². The highest BCUT2D eigenvalue weighted by Crippen LogP contribution is 2.27. The van der Waals surface area contributed by atoms with Gasteiger partial charge in [0.1, 0.15) is 0 Å². The number of thiazole rings is 1. The molecule has 0 spiro atoms. The molecule has 3 rings (SSSR count). The smallest absolute Gasteiger partial charge is 0.216 e. The van der Waals surface area contributed by atoms with Crippen molar-refractivity contribution in [2.75, 3.05) is 0 Å². The molecule has 0 saturated heterocycles. The highest BCUT2D eigenvalue weighted by atomic mass is 32.1. The first-order valence-electron chi connectivity index (χ1n) is 5.80. The van der Waals surface area contributed by atoms with Crippen LogP contribution in [0.2, 0.25) is 0 Å². The van der Waals surface area contributed by atoms with Gasteiger partial charge in [0.2, 0.25) is 4.96 Å². The number of hydrogen-bond acceptors (Lipinski definition) is 4. The molecule has 0 unspecified atom stereocenters. The molecule has 18 heavy (non-hydrogen) atoms. The molecule has 2 heterocycles. The van der Waals surface area contributed by atoms with E-state index in [9.17, 15) is 0 Å². The van der Waals surface area contributed by atoms with E-state index >= 15 is 0 Å². The summed E-state index contributed by atoms with van der Waals surface area (Å²) in [6.07, 6.45) is 0. The zero-order chi connectivity index (χ0) is 12.7. The Morgan fingerprint density at radius 1 is 1.22 bits per heavy atom. The van der Waals surface area contributed by atoms with Crippen molar-refractivity contribution in [3.63, 3.8) is 0 Å². The summed E-state index contributed by atoms with van der Waals surface area (Å²) < 4.78 is 2.04. The van der Waals surface area contributed by atoms with E-state index in [2.05, 4.69) is 47.6 Å². The van der Waals surface area contributed by atoms with Crippen LogP contribution in [0.4, 0.5) is 0 Å². The topological polar surface area (TPSA) is 56.2 Å². The van der Waals surface area contributed by atoms with Gasteiger partial charge in [-0.05, 0) is 36.6 Å². The minimum absolute atomic E-state index is 0.399. The summed E-state index contributed by atoms with van der Waals surface area (Å²) in [6, 6.07) is 6.46. The highest BCUT2D eigenvalue weighted by Gasteiger charge is 2.12. The molecular formula is C13H14N4S. The van der Waals surface area contributed by atoms with Gasteiger partial charge in [0.15, 0.2) is 5.82 Å².